The molecule has 1 saturated heterocycles. The molecule has 5 nitrogen and oxygen atoms in total. The molecule has 1 aliphatic heterocycles. The number of ether oxygens (including phenoxy) is 1. The molecular weight excluding hydrogens is 376 g/mol. The number of para-hydroxylation sites is 1. The van der Waals surface area contributed by atoms with E-state index in [9.17, 15) is 9.59 Å². The number of pyridine rings is 1. The molecule has 0 unspecified atom stereocenters. The zero-order chi connectivity index (χ0) is 21.7. The summed E-state index contributed by atoms with van der Waals surface area (Å²) < 4.78 is 5.54. The lowest BCUT2D eigenvalue weighted by atomic mass is 9.65. The first-order valence-electron chi connectivity index (χ1n) is 11.0. The van der Waals surface area contributed by atoms with E-state index in [2.05, 4.69) is 25.8 Å². The highest BCUT2D eigenvalue weighted by Crippen LogP contribution is 2.52. The van der Waals surface area contributed by atoms with Gasteiger partial charge in [-0.1, -0.05) is 45.9 Å². The summed E-state index contributed by atoms with van der Waals surface area (Å²) in [6.45, 7) is 11.3. The molecule has 1 saturated carbocycles. The third-order valence-corrected chi connectivity index (χ3v) is 6.83. The van der Waals surface area contributed by atoms with Gasteiger partial charge in [0.2, 0.25) is 0 Å². The van der Waals surface area contributed by atoms with Gasteiger partial charge in [-0.2, -0.15) is 0 Å². The van der Waals surface area contributed by atoms with Gasteiger partial charge < -0.3 is 9.64 Å². The van der Waals surface area contributed by atoms with Crippen molar-refractivity contribution in [2.45, 2.75) is 66.3 Å². The van der Waals surface area contributed by atoms with Gasteiger partial charge in [-0.05, 0) is 55.1 Å². The molecule has 1 aromatic heterocycles. The van der Waals surface area contributed by atoms with E-state index in [1.54, 1.807) is 0 Å². The Morgan fingerprint density at radius 3 is 2.67 bits per heavy atom. The molecule has 1 aliphatic carbocycles. The number of hydrogen-bond donors (Lipinski definition) is 0. The third-order valence-electron chi connectivity index (χ3n) is 6.83. The number of carbonyl (C=O) groups excluding carboxylic acids is 2. The number of aryl methyl sites for hydroxylation is 2. The Hall–Kier alpha value is -2.43. The summed E-state index contributed by atoms with van der Waals surface area (Å²) in [5.74, 6) is -0.538. The van der Waals surface area contributed by atoms with E-state index in [4.69, 9.17) is 4.74 Å². The predicted octanol–water partition coefficient (Wildman–Crippen LogP) is 4.69. The number of amides is 1. The van der Waals surface area contributed by atoms with Crippen LogP contribution in [-0.4, -0.2) is 41.0 Å². The Balaban J connectivity index is 1.50. The van der Waals surface area contributed by atoms with E-state index in [0.717, 1.165) is 48.0 Å². The third kappa shape index (κ3) is 3.70. The Labute approximate surface area is 178 Å². The molecular formula is C25H32N2O3. The summed E-state index contributed by atoms with van der Waals surface area (Å²) in [6.07, 6.45) is 3.81. The number of carbonyl (C=O) groups is 2. The SMILES string of the molecule is CCc1nc2ccccc2c(C)c1C(=O)OCC(=O)N1C[C@]2(C)C[C@H]1CC(C)(C)C2. The molecule has 2 atom stereocenters. The zero-order valence-corrected chi connectivity index (χ0v) is 18.7. The van der Waals surface area contributed by atoms with Crippen molar-refractivity contribution in [3.63, 3.8) is 0 Å². The van der Waals surface area contributed by atoms with Crippen LogP contribution in [0.1, 0.15) is 68.6 Å². The fraction of sp³-hybridized carbons (Fsp3) is 0.560. The van der Waals surface area contributed by atoms with Gasteiger partial charge in [-0.3, -0.25) is 9.78 Å². The van der Waals surface area contributed by atoms with Crippen LogP contribution in [0.5, 0.6) is 0 Å². The molecule has 4 rings (SSSR count). The predicted molar refractivity (Wildman–Crippen MR) is 117 cm³/mol. The average molecular weight is 409 g/mol. The van der Waals surface area contributed by atoms with Gasteiger partial charge in [0.25, 0.3) is 5.91 Å². The Morgan fingerprint density at radius 1 is 1.20 bits per heavy atom. The number of nitrogens with zero attached hydrogens (tertiary/aromatic N) is 2. The average Bonchev–Trinajstić information content (AvgIpc) is 2.94. The largest absolute Gasteiger partial charge is 0.452 e. The number of esters is 1. The lowest BCUT2D eigenvalue weighted by Gasteiger charge is -2.39. The van der Waals surface area contributed by atoms with Crippen LogP contribution >= 0.6 is 0 Å². The molecule has 1 amide bonds. The van der Waals surface area contributed by atoms with Gasteiger partial charge in [0.05, 0.1) is 16.8 Å². The minimum Gasteiger partial charge on any atom is -0.452 e. The summed E-state index contributed by atoms with van der Waals surface area (Å²) in [6, 6.07) is 8.05. The van der Waals surface area contributed by atoms with Crippen molar-refractivity contribution in [2.75, 3.05) is 13.2 Å². The van der Waals surface area contributed by atoms with Crippen molar-refractivity contribution >= 4 is 22.8 Å². The van der Waals surface area contributed by atoms with Gasteiger partial charge >= 0.3 is 5.97 Å². The number of benzene rings is 1. The Bertz CT molecular complexity index is 1010. The van der Waals surface area contributed by atoms with E-state index >= 15 is 0 Å². The molecule has 2 aliphatic rings. The normalized spacial score (nSPS) is 24.8. The first-order chi connectivity index (χ1) is 14.1. The fourth-order valence-corrected chi connectivity index (χ4v) is 6.00. The van der Waals surface area contributed by atoms with Crippen molar-refractivity contribution < 1.29 is 14.3 Å². The fourth-order valence-electron chi connectivity index (χ4n) is 6.00. The second-order valence-corrected chi connectivity index (χ2v) is 10.2. The maximum atomic E-state index is 13.0. The van der Waals surface area contributed by atoms with Crippen molar-refractivity contribution in [3.05, 3.63) is 41.1 Å². The van der Waals surface area contributed by atoms with Crippen molar-refractivity contribution in [2.24, 2.45) is 10.8 Å². The molecule has 30 heavy (non-hydrogen) atoms. The highest BCUT2D eigenvalue weighted by atomic mass is 16.5. The van der Waals surface area contributed by atoms with Crippen LogP contribution in [0.4, 0.5) is 0 Å². The minimum atomic E-state index is -0.454. The van der Waals surface area contributed by atoms with Crippen LogP contribution in [0.3, 0.4) is 0 Å². The van der Waals surface area contributed by atoms with E-state index < -0.39 is 5.97 Å². The van der Waals surface area contributed by atoms with Gasteiger partial charge in [-0.15, -0.1) is 0 Å². The lowest BCUT2D eigenvalue weighted by molar-refractivity contribution is -0.135. The zero-order valence-electron chi connectivity index (χ0n) is 18.7. The van der Waals surface area contributed by atoms with Crippen LogP contribution in [0.25, 0.3) is 10.9 Å². The number of likely N-dealkylation sites (tertiary alicyclic amines) is 1. The first kappa shape index (κ1) is 20.8. The van der Waals surface area contributed by atoms with Gasteiger partial charge in [0.1, 0.15) is 0 Å². The van der Waals surface area contributed by atoms with Crippen molar-refractivity contribution in [3.8, 4) is 0 Å². The summed E-state index contributed by atoms with van der Waals surface area (Å²) in [5, 5.41) is 0.941. The van der Waals surface area contributed by atoms with E-state index in [1.807, 2.05) is 43.0 Å². The number of hydrogen-bond acceptors (Lipinski definition) is 4. The number of fused-ring (bicyclic) bond motifs is 3. The molecule has 2 aromatic rings. The second-order valence-electron chi connectivity index (χ2n) is 10.2. The topological polar surface area (TPSA) is 59.5 Å². The van der Waals surface area contributed by atoms with E-state index in [1.165, 1.54) is 0 Å². The van der Waals surface area contributed by atoms with Crippen LogP contribution in [-0.2, 0) is 16.0 Å². The molecule has 5 heteroatoms. The van der Waals surface area contributed by atoms with Gasteiger partial charge in [0, 0.05) is 18.0 Å². The number of rotatable bonds is 4. The van der Waals surface area contributed by atoms with Gasteiger partial charge in [0.15, 0.2) is 6.61 Å². The summed E-state index contributed by atoms with van der Waals surface area (Å²) in [4.78, 5) is 32.5. The van der Waals surface area contributed by atoms with Crippen molar-refractivity contribution in [1.82, 2.24) is 9.88 Å². The standard InChI is InChI=1S/C25H32N2O3/c1-6-19-22(16(2)18-9-7-8-10-20(18)26-19)23(29)30-13-21(28)27-15-25(5)12-17(27)11-24(3,4)14-25/h7-10,17H,6,11-15H2,1-5H3/t17-,25-/m1/s1. The van der Waals surface area contributed by atoms with Crippen LogP contribution in [0, 0.1) is 17.8 Å². The maximum Gasteiger partial charge on any atom is 0.340 e. The van der Waals surface area contributed by atoms with Gasteiger partial charge in [-0.25, -0.2) is 4.79 Å². The van der Waals surface area contributed by atoms with Crippen LogP contribution in [0.15, 0.2) is 24.3 Å². The monoisotopic (exact) mass is 408 g/mol. The highest BCUT2D eigenvalue weighted by molar-refractivity contribution is 5.99. The molecule has 160 valence electrons. The molecule has 2 bridgehead atoms. The Kier molecular flexibility index (Phi) is 5.11. The second kappa shape index (κ2) is 7.36. The quantitative estimate of drug-likeness (QED) is 0.689. The number of aromatic nitrogens is 1. The minimum absolute atomic E-state index is 0.0841. The molecule has 1 aromatic carbocycles. The van der Waals surface area contributed by atoms with E-state index in [0.29, 0.717) is 12.0 Å². The maximum absolute atomic E-state index is 13.0. The molecule has 0 spiro atoms. The summed E-state index contributed by atoms with van der Waals surface area (Å²) in [7, 11) is 0. The van der Waals surface area contributed by atoms with Crippen molar-refractivity contribution in [1.29, 1.82) is 0 Å². The first-order valence-corrected chi connectivity index (χ1v) is 11.0. The molecule has 2 heterocycles. The highest BCUT2D eigenvalue weighted by Gasteiger charge is 2.50. The molecule has 2 fully saturated rings. The summed E-state index contributed by atoms with van der Waals surface area (Å²) >= 11 is 0. The molecule has 0 radical (unpaired) electrons. The van der Waals surface area contributed by atoms with Crippen LogP contribution in [0.2, 0.25) is 0 Å². The van der Waals surface area contributed by atoms with E-state index in [-0.39, 0.29) is 29.4 Å². The Morgan fingerprint density at radius 2 is 1.93 bits per heavy atom. The van der Waals surface area contributed by atoms with Crippen LogP contribution < -0.4 is 0 Å². The summed E-state index contributed by atoms with van der Waals surface area (Å²) in [5.41, 5.74) is 3.36. The lowest BCUT2D eigenvalue weighted by Crippen LogP contribution is -2.40. The smallest absolute Gasteiger partial charge is 0.340 e. The molecule has 0 N–H and O–H groups in total.